The zero-order valence-electron chi connectivity index (χ0n) is 10.0. The fourth-order valence-corrected chi connectivity index (χ4v) is 1.72. The standard InChI is InChI=1S/C13H12O6/c14-11(15)10-7-8-3-4-9(10)13(17)19-6-2-1-5-18-12(8)16/h3-4,7H,1-2,5-6H2,(H,14,15). The number of fused-ring (bicyclic) bond motifs is 9. The zero-order chi connectivity index (χ0) is 13.8. The summed E-state index contributed by atoms with van der Waals surface area (Å²) in [4.78, 5) is 34.5. The Balaban J connectivity index is 2.47. The van der Waals surface area contributed by atoms with Crippen molar-refractivity contribution in [2.75, 3.05) is 13.2 Å². The number of carboxylic acids is 1. The predicted octanol–water partition coefficient (Wildman–Crippen LogP) is 1.49. The number of hydrogen-bond donors (Lipinski definition) is 1. The van der Waals surface area contributed by atoms with E-state index in [-0.39, 0.29) is 29.9 Å². The Bertz CT molecular complexity index is 534. The molecule has 100 valence electrons. The molecule has 2 heterocycles. The van der Waals surface area contributed by atoms with Gasteiger partial charge in [-0.2, -0.15) is 0 Å². The van der Waals surface area contributed by atoms with E-state index in [1.807, 2.05) is 0 Å². The van der Waals surface area contributed by atoms with Gasteiger partial charge in [-0.25, -0.2) is 14.4 Å². The van der Waals surface area contributed by atoms with E-state index >= 15 is 0 Å². The second-order valence-electron chi connectivity index (χ2n) is 4.04. The first-order valence-corrected chi connectivity index (χ1v) is 5.81. The summed E-state index contributed by atoms with van der Waals surface area (Å²) in [5.74, 6) is -2.58. The first-order valence-electron chi connectivity index (χ1n) is 5.81. The third-order valence-electron chi connectivity index (χ3n) is 2.71. The first kappa shape index (κ1) is 13.1. The first-order chi connectivity index (χ1) is 9.09. The molecule has 3 rings (SSSR count). The van der Waals surface area contributed by atoms with E-state index in [1.54, 1.807) is 0 Å². The van der Waals surface area contributed by atoms with E-state index in [1.165, 1.54) is 12.1 Å². The molecule has 6 nitrogen and oxygen atoms in total. The van der Waals surface area contributed by atoms with Gasteiger partial charge in [0.2, 0.25) is 0 Å². The van der Waals surface area contributed by atoms with Crippen molar-refractivity contribution in [3.8, 4) is 0 Å². The molecule has 1 aromatic carbocycles. The highest BCUT2D eigenvalue weighted by Gasteiger charge is 2.21. The Kier molecular flexibility index (Phi) is 3.79. The van der Waals surface area contributed by atoms with Gasteiger partial charge in [-0.1, -0.05) is 0 Å². The van der Waals surface area contributed by atoms with Crippen molar-refractivity contribution < 1.29 is 29.0 Å². The predicted molar refractivity (Wildman–Crippen MR) is 63.2 cm³/mol. The van der Waals surface area contributed by atoms with Gasteiger partial charge < -0.3 is 14.6 Å². The number of esters is 2. The van der Waals surface area contributed by atoms with Crippen LogP contribution in [0.3, 0.4) is 0 Å². The summed E-state index contributed by atoms with van der Waals surface area (Å²) in [6, 6.07) is 3.75. The van der Waals surface area contributed by atoms with Crippen LogP contribution in [0.1, 0.15) is 43.9 Å². The van der Waals surface area contributed by atoms with Crippen LogP contribution in [0.5, 0.6) is 0 Å². The van der Waals surface area contributed by atoms with Crippen LogP contribution in [0.4, 0.5) is 0 Å². The van der Waals surface area contributed by atoms with Gasteiger partial charge in [0, 0.05) is 0 Å². The average molecular weight is 264 g/mol. The Morgan fingerprint density at radius 3 is 2.32 bits per heavy atom. The lowest BCUT2D eigenvalue weighted by molar-refractivity contribution is 0.0423. The van der Waals surface area contributed by atoms with Gasteiger partial charge in [0.05, 0.1) is 29.9 Å². The quantitative estimate of drug-likeness (QED) is 0.773. The molecule has 0 aromatic heterocycles. The van der Waals surface area contributed by atoms with Gasteiger partial charge in [0.15, 0.2) is 0 Å². The summed E-state index contributed by atoms with van der Waals surface area (Å²) in [6.45, 7) is 0.373. The molecule has 0 saturated carbocycles. The summed E-state index contributed by atoms with van der Waals surface area (Å²) < 4.78 is 9.95. The number of carboxylic acid groups (broad SMARTS) is 1. The highest BCUT2D eigenvalue weighted by atomic mass is 16.5. The number of ether oxygens (including phenoxy) is 2. The van der Waals surface area contributed by atoms with Crippen LogP contribution >= 0.6 is 0 Å². The summed E-state index contributed by atoms with van der Waals surface area (Å²) in [5, 5.41) is 9.07. The normalized spacial score (nSPS) is 16.0. The Hall–Kier alpha value is -2.37. The van der Waals surface area contributed by atoms with E-state index < -0.39 is 17.9 Å². The smallest absolute Gasteiger partial charge is 0.339 e. The Morgan fingerprint density at radius 2 is 1.68 bits per heavy atom. The summed E-state index contributed by atoms with van der Waals surface area (Å²) in [7, 11) is 0. The van der Waals surface area contributed by atoms with Crippen molar-refractivity contribution in [2.45, 2.75) is 12.8 Å². The van der Waals surface area contributed by atoms with Crippen LogP contribution in [-0.4, -0.2) is 36.2 Å². The summed E-state index contributed by atoms with van der Waals surface area (Å²) in [5.41, 5.74) is -0.223. The van der Waals surface area contributed by atoms with Gasteiger partial charge in [-0.15, -0.1) is 0 Å². The molecule has 2 aliphatic heterocycles. The molecule has 0 saturated heterocycles. The fraction of sp³-hybridized carbons (Fsp3) is 0.308. The number of aromatic carboxylic acids is 1. The fourth-order valence-electron chi connectivity index (χ4n) is 1.72. The lowest BCUT2D eigenvalue weighted by atomic mass is 10.0. The molecule has 19 heavy (non-hydrogen) atoms. The van der Waals surface area contributed by atoms with Crippen LogP contribution < -0.4 is 0 Å². The van der Waals surface area contributed by atoms with Crippen molar-refractivity contribution in [3.05, 3.63) is 34.9 Å². The van der Waals surface area contributed by atoms with Crippen molar-refractivity contribution in [3.63, 3.8) is 0 Å². The number of benzene rings is 1. The molecule has 2 bridgehead atoms. The van der Waals surface area contributed by atoms with Crippen molar-refractivity contribution in [1.29, 1.82) is 0 Å². The van der Waals surface area contributed by atoms with Crippen molar-refractivity contribution in [2.24, 2.45) is 0 Å². The average Bonchev–Trinajstić information content (AvgIpc) is 2.40. The lowest BCUT2D eigenvalue weighted by Gasteiger charge is -2.11. The maximum atomic E-state index is 11.7. The molecule has 1 N–H and O–H groups in total. The largest absolute Gasteiger partial charge is 0.478 e. The molecule has 0 radical (unpaired) electrons. The third kappa shape index (κ3) is 2.90. The topological polar surface area (TPSA) is 89.9 Å². The van der Waals surface area contributed by atoms with Gasteiger partial charge in [0.25, 0.3) is 0 Å². The molecule has 1 aromatic rings. The third-order valence-corrected chi connectivity index (χ3v) is 2.71. The number of hydrogen-bond acceptors (Lipinski definition) is 5. The van der Waals surface area contributed by atoms with E-state index in [0.717, 1.165) is 6.07 Å². The highest BCUT2D eigenvalue weighted by molar-refractivity contribution is 6.04. The van der Waals surface area contributed by atoms with Crippen LogP contribution in [0.25, 0.3) is 0 Å². The molecule has 2 aliphatic rings. The van der Waals surface area contributed by atoms with E-state index in [9.17, 15) is 14.4 Å². The number of carbonyl (C=O) groups excluding carboxylic acids is 2. The van der Waals surface area contributed by atoms with Gasteiger partial charge in [-0.3, -0.25) is 0 Å². The van der Waals surface area contributed by atoms with E-state index in [2.05, 4.69) is 0 Å². The van der Waals surface area contributed by atoms with Gasteiger partial charge in [0.1, 0.15) is 0 Å². The molecular weight excluding hydrogens is 252 g/mol. The molecular formula is C13H12O6. The van der Waals surface area contributed by atoms with Gasteiger partial charge >= 0.3 is 17.9 Å². The maximum absolute atomic E-state index is 11.7. The lowest BCUT2D eigenvalue weighted by Crippen LogP contribution is -2.16. The molecule has 0 atom stereocenters. The second kappa shape index (κ2) is 5.51. The Morgan fingerprint density at radius 1 is 1.05 bits per heavy atom. The minimum atomic E-state index is -1.29. The van der Waals surface area contributed by atoms with Crippen molar-refractivity contribution in [1.82, 2.24) is 0 Å². The van der Waals surface area contributed by atoms with Crippen LogP contribution in [-0.2, 0) is 9.47 Å². The molecule has 0 spiro atoms. The molecule has 6 heteroatoms. The highest BCUT2D eigenvalue weighted by Crippen LogP contribution is 2.16. The zero-order valence-corrected chi connectivity index (χ0v) is 10.0. The van der Waals surface area contributed by atoms with Gasteiger partial charge in [-0.05, 0) is 31.0 Å². The molecule has 0 fully saturated rings. The van der Waals surface area contributed by atoms with Crippen LogP contribution in [0.15, 0.2) is 18.2 Å². The molecule has 0 aliphatic carbocycles. The number of rotatable bonds is 1. The van der Waals surface area contributed by atoms with Crippen LogP contribution in [0, 0.1) is 0 Å². The maximum Gasteiger partial charge on any atom is 0.339 e. The van der Waals surface area contributed by atoms with E-state index in [4.69, 9.17) is 14.6 Å². The van der Waals surface area contributed by atoms with Crippen molar-refractivity contribution >= 4 is 17.9 Å². The summed E-state index contributed by atoms with van der Waals surface area (Å²) >= 11 is 0. The Labute approximate surface area is 108 Å². The summed E-state index contributed by atoms with van der Waals surface area (Å²) in [6.07, 6.45) is 1.14. The molecule has 0 amide bonds. The minimum Gasteiger partial charge on any atom is -0.478 e. The van der Waals surface area contributed by atoms with Crippen LogP contribution in [0.2, 0.25) is 0 Å². The number of carbonyl (C=O) groups is 3. The SMILES string of the molecule is O=C1OCCCCOC(=O)c2ccc1cc2C(=O)O. The molecule has 0 unspecified atom stereocenters. The van der Waals surface area contributed by atoms with E-state index in [0.29, 0.717) is 12.8 Å². The monoisotopic (exact) mass is 264 g/mol. The second-order valence-corrected chi connectivity index (χ2v) is 4.04. The minimum absolute atomic E-state index is 0.0652.